The Morgan fingerprint density at radius 2 is 1.60 bits per heavy atom. The topological polar surface area (TPSA) is 3.24 Å². The fourth-order valence-electron chi connectivity index (χ4n) is 1.46. The molecule has 0 amide bonds. The highest BCUT2D eigenvalue weighted by Crippen LogP contribution is 2.06. The molecule has 0 aliphatic heterocycles. The van der Waals surface area contributed by atoms with Gasteiger partial charge in [0, 0.05) is 6.54 Å². The van der Waals surface area contributed by atoms with E-state index < -0.39 is 0 Å². The maximum absolute atomic E-state index is 2.43. The van der Waals surface area contributed by atoms with Crippen molar-refractivity contribution in [2.75, 3.05) is 19.6 Å². The standard InChI is InChI=1S/C14H27N/c1-6-15(7-2)12-11-14(5)10-8-9-13(3)4/h9,11H,6-8,10,12H2,1-5H3/b14-11+. The van der Waals surface area contributed by atoms with Gasteiger partial charge in [0.1, 0.15) is 0 Å². The number of hydrogen-bond donors (Lipinski definition) is 0. The van der Waals surface area contributed by atoms with E-state index in [9.17, 15) is 0 Å². The first-order chi connectivity index (χ1) is 7.10. The van der Waals surface area contributed by atoms with E-state index in [1.165, 1.54) is 24.0 Å². The van der Waals surface area contributed by atoms with Crippen molar-refractivity contribution < 1.29 is 0 Å². The van der Waals surface area contributed by atoms with Crippen LogP contribution in [0.4, 0.5) is 0 Å². The Hall–Kier alpha value is -0.560. The molecular weight excluding hydrogens is 182 g/mol. The molecule has 0 spiro atoms. The van der Waals surface area contributed by atoms with Gasteiger partial charge in [-0.3, -0.25) is 0 Å². The van der Waals surface area contributed by atoms with Crippen molar-refractivity contribution in [3.05, 3.63) is 23.3 Å². The molecule has 0 aromatic carbocycles. The summed E-state index contributed by atoms with van der Waals surface area (Å²) in [5.74, 6) is 0. The van der Waals surface area contributed by atoms with Crippen molar-refractivity contribution in [2.24, 2.45) is 0 Å². The second kappa shape index (κ2) is 8.72. The van der Waals surface area contributed by atoms with Crippen molar-refractivity contribution in [1.29, 1.82) is 0 Å². The molecule has 0 saturated heterocycles. The van der Waals surface area contributed by atoms with Gasteiger partial charge in [-0.15, -0.1) is 0 Å². The molecule has 0 aromatic rings. The van der Waals surface area contributed by atoms with E-state index in [2.05, 4.69) is 51.7 Å². The summed E-state index contributed by atoms with van der Waals surface area (Å²) in [5.41, 5.74) is 2.94. The van der Waals surface area contributed by atoms with E-state index in [4.69, 9.17) is 0 Å². The van der Waals surface area contributed by atoms with Crippen LogP contribution in [0.25, 0.3) is 0 Å². The predicted molar refractivity (Wildman–Crippen MR) is 70.2 cm³/mol. The minimum atomic E-state index is 1.10. The minimum absolute atomic E-state index is 1.10. The number of allylic oxidation sites excluding steroid dienone is 3. The average molecular weight is 209 g/mol. The summed E-state index contributed by atoms with van der Waals surface area (Å²) >= 11 is 0. The van der Waals surface area contributed by atoms with Crippen molar-refractivity contribution in [3.63, 3.8) is 0 Å². The van der Waals surface area contributed by atoms with Crippen LogP contribution in [0.1, 0.15) is 47.5 Å². The zero-order chi connectivity index (χ0) is 11.7. The van der Waals surface area contributed by atoms with Gasteiger partial charge in [0.25, 0.3) is 0 Å². The zero-order valence-electron chi connectivity index (χ0n) is 11.1. The van der Waals surface area contributed by atoms with Gasteiger partial charge in [0.15, 0.2) is 0 Å². The quantitative estimate of drug-likeness (QED) is 0.572. The number of likely N-dealkylation sites (N-methyl/N-ethyl adjacent to an activating group) is 1. The first-order valence-electron chi connectivity index (χ1n) is 6.11. The van der Waals surface area contributed by atoms with Gasteiger partial charge < -0.3 is 4.90 Å². The Bertz CT molecular complexity index is 205. The van der Waals surface area contributed by atoms with Crippen molar-refractivity contribution in [2.45, 2.75) is 47.5 Å². The third-order valence-electron chi connectivity index (χ3n) is 2.68. The van der Waals surface area contributed by atoms with Crippen LogP contribution in [-0.4, -0.2) is 24.5 Å². The lowest BCUT2D eigenvalue weighted by Crippen LogP contribution is -2.22. The van der Waals surface area contributed by atoms with E-state index in [0.29, 0.717) is 0 Å². The van der Waals surface area contributed by atoms with Crippen LogP contribution in [0, 0.1) is 0 Å². The fraction of sp³-hybridized carbons (Fsp3) is 0.714. The van der Waals surface area contributed by atoms with E-state index in [-0.39, 0.29) is 0 Å². The maximum atomic E-state index is 2.43. The maximum Gasteiger partial charge on any atom is 0.0165 e. The predicted octanol–water partition coefficient (Wildman–Crippen LogP) is 4.02. The van der Waals surface area contributed by atoms with Gasteiger partial charge in [-0.05, 0) is 46.7 Å². The number of nitrogens with zero attached hydrogens (tertiary/aromatic N) is 1. The second-order valence-corrected chi connectivity index (χ2v) is 4.36. The molecule has 0 radical (unpaired) electrons. The number of hydrogen-bond acceptors (Lipinski definition) is 1. The Kier molecular flexibility index (Phi) is 8.40. The third-order valence-corrected chi connectivity index (χ3v) is 2.68. The summed E-state index contributed by atoms with van der Waals surface area (Å²) in [5, 5.41) is 0. The van der Waals surface area contributed by atoms with Crippen molar-refractivity contribution in [1.82, 2.24) is 4.90 Å². The normalized spacial score (nSPS) is 12.0. The summed E-state index contributed by atoms with van der Waals surface area (Å²) in [6.45, 7) is 14.4. The molecule has 0 N–H and O–H groups in total. The van der Waals surface area contributed by atoms with E-state index >= 15 is 0 Å². The molecule has 0 atom stereocenters. The first kappa shape index (κ1) is 14.4. The SMILES string of the molecule is CCN(CC)C/C=C(\C)CCC=C(C)C. The van der Waals surface area contributed by atoms with Crippen LogP contribution in [0.15, 0.2) is 23.3 Å². The average Bonchev–Trinajstić information content (AvgIpc) is 2.18. The molecule has 15 heavy (non-hydrogen) atoms. The molecule has 1 heteroatoms. The van der Waals surface area contributed by atoms with Gasteiger partial charge in [-0.1, -0.05) is 37.1 Å². The Morgan fingerprint density at radius 1 is 1.00 bits per heavy atom. The van der Waals surface area contributed by atoms with Gasteiger partial charge in [0.05, 0.1) is 0 Å². The lowest BCUT2D eigenvalue weighted by atomic mass is 10.1. The molecule has 0 saturated carbocycles. The second-order valence-electron chi connectivity index (χ2n) is 4.36. The van der Waals surface area contributed by atoms with Crippen molar-refractivity contribution >= 4 is 0 Å². The van der Waals surface area contributed by atoms with Crippen molar-refractivity contribution in [3.8, 4) is 0 Å². The summed E-state index contributed by atoms with van der Waals surface area (Å²) in [4.78, 5) is 2.43. The fourth-order valence-corrected chi connectivity index (χ4v) is 1.46. The lowest BCUT2D eigenvalue weighted by molar-refractivity contribution is 0.336. The number of rotatable bonds is 7. The molecule has 0 aromatic heterocycles. The van der Waals surface area contributed by atoms with Crippen LogP contribution >= 0.6 is 0 Å². The van der Waals surface area contributed by atoms with Gasteiger partial charge in [-0.25, -0.2) is 0 Å². The summed E-state index contributed by atoms with van der Waals surface area (Å²) < 4.78 is 0. The molecule has 0 heterocycles. The minimum Gasteiger partial charge on any atom is -0.300 e. The monoisotopic (exact) mass is 209 g/mol. The Balaban J connectivity index is 3.83. The largest absolute Gasteiger partial charge is 0.300 e. The molecule has 0 bridgehead atoms. The highest BCUT2D eigenvalue weighted by atomic mass is 15.1. The van der Waals surface area contributed by atoms with Crippen LogP contribution in [-0.2, 0) is 0 Å². The first-order valence-corrected chi connectivity index (χ1v) is 6.11. The van der Waals surface area contributed by atoms with Gasteiger partial charge in [-0.2, -0.15) is 0 Å². The van der Waals surface area contributed by atoms with E-state index in [1.807, 2.05) is 0 Å². The Labute approximate surface area is 95.9 Å². The highest BCUT2D eigenvalue weighted by molar-refractivity contribution is 5.03. The van der Waals surface area contributed by atoms with Crippen LogP contribution in [0.2, 0.25) is 0 Å². The van der Waals surface area contributed by atoms with Crippen LogP contribution in [0.3, 0.4) is 0 Å². The van der Waals surface area contributed by atoms with Gasteiger partial charge >= 0.3 is 0 Å². The molecular formula is C14H27N. The van der Waals surface area contributed by atoms with E-state index in [0.717, 1.165) is 19.6 Å². The van der Waals surface area contributed by atoms with Crippen LogP contribution < -0.4 is 0 Å². The zero-order valence-corrected chi connectivity index (χ0v) is 11.1. The molecule has 1 nitrogen and oxygen atoms in total. The molecule has 0 fully saturated rings. The summed E-state index contributed by atoms with van der Waals surface area (Å²) in [7, 11) is 0. The lowest BCUT2D eigenvalue weighted by Gasteiger charge is -2.15. The van der Waals surface area contributed by atoms with Gasteiger partial charge in [0.2, 0.25) is 0 Å². The third kappa shape index (κ3) is 8.44. The summed E-state index contributed by atoms with van der Waals surface area (Å²) in [6.07, 6.45) is 7.07. The Morgan fingerprint density at radius 3 is 2.07 bits per heavy atom. The molecule has 0 aliphatic carbocycles. The smallest absolute Gasteiger partial charge is 0.0165 e. The molecule has 0 rings (SSSR count). The molecule has 0 unspecified atom stereocenters. The molecule has 0 aliphatic rings. The van der Waals surface area contributed by atoms with E-state index in [1.54, 1.807) is 0 Å². The molecule has 88 valence electrons. The van der Waals surface area contributed by atoms with Crippen LogP contribution in [0.5, 0.6) is 0 Å². The summed E-state index contributed by atoms with van der Waals surface area (Å²) in [6, 6.07) is 0. The highest BCUT2D eigenvalue weighted by Gasteiger charge is 1.95.